The minimum absolute atomic E-state index is 0.153. The number of halogens is 1. The molecule has 0 aliphatic carbocycles. The lowest BCUT2D eigenvalue weighted by Crippen LogP contribution is -2.28. The monoisotopic (exact) mass is 420 g/mol. The second-order valence-corrected chi connectivity index (χ2v) is 6.95. The van der Waals surface area contributed by atoms with E-state index in [-0.39, 0.29) is 12.2 Å². The molecule has 0 spiro atoms. The van der Waals surface area contributed by atoms with Crippen molar-refractivity contribution < 1.29 is 18.7 Å². The highest BCUT2D eigenvalue weighted by molar-refractivity contribution is 6.30. The molecular weight excluding hydrogens is 404 g/mol. The Bertz CT molecular complexity index is 1200. The van der Waals surface area contributed by atoms with Gasteiger partial charge in [-0.2, -0.15) is 0 Å². The molecule has 2 aromatic heterocycles. The molecule has 0 bridgehead atoms. The summed E-state index contributed by atoms with van der Waals surface area (Å²) in [4.78, 5) is 28.4. The summed E-state index contributed by atoms with van der Waals surface area (Å²) < 4.78 is 10.8. The van der Waals surface area contributed by atoms with E-state index in [9.17, 15) is 9.59 Å². The molecule has 1 N–H and O–H groups in total. The van der Waals surface area contributed by atoms with Crippen LogP contribution in [0.3, 0.4) is 0 Å². The molecule has 6 nitrogen and oxygen atoms in total. The number of esters is 1. The first-order valence-corrected chi connectivity index (χ1v) is 9.60. The Balaban J connectivity index is 1.28. The average Bonchev–Trinajstić information content (AvgIpc) is 3.25. The Hall–Kier alpha value is -3.64. The molecule has 2 aromatic carbocycles. The molecule has 30 heavy (non-hydrogen) atoms. The van der Waals surface area contributed by atoms with Gasteiger partial charge in [0.25, 0.3) is 5.91 Å². The van der Waals surface area contributed by atoms with Crippen LogP contribution in [-0.2, 0) is 16.1 Å². The molecule has 7 heteroatoms. The quantitative estimate of drug-likeness (QED) is 0.460. The molecule has 0 saturated heterocycles. The van der Waals surface area contributed by atoms with Crippen molar-refractivity contribution in [1.82, 2.24) is 10.3 Å². The van der Waals surface area contributed by atoms with Crippen molar-refractivity contribution in [2.24, 2.45) is 0 Å². The fourth-order valence-electron chi connectivity index (χ4n) is 2.86. The maximum atomic E-state index is 12.2. The number of carbonyl (C=O) groups is 2. The van der Waals surface area contributed by atoms with Gasteiger partial charge < -0.3 is 14.5 Å². The Morgan fingerprint density at radius 2 is 1.77 bits per heavy atom. The Labute approximate surface area is 177 Å². The summed E-state index contributed by atoms with van der Waals surface area (Å²) in [6, 6.07) is 21.6. The molecule has 0 saturated carbocycles. The number of hydrogen-bond donors (Lipinski definition) is 1. The number of ether oxygens (including phenoxy) is 1. The Morgan fingerprint density at radius 1 is 0.967 bits per heavy atom. The van der Waals surface area contributed by atoms with Crippen LogP contribution in [0.4, 0.5) is 0 Å². The molecule has 0 aliphatic heterocycles. The number of pyridine rings is 1. The number of hydrogen-bond acceptors (Lipinski definition) is 5. The molecule has 1 amide bonds. The van der Waals surface area contributed by atoms with E-state index in [1.54, 1.807) is 36.4 Å². The highest BCUT2D eigenvalue weighted by Gasteiger charge is 2.13. The lowest BCUT2D eigenvalue weighted by atomic mass is 10.2. The van der Waals surface area contributed by atoms with E-state index in [0.717, 1.165) is 10.9 Å². The fraction of sp³-hybridized carbons (Fsp3) is 0.0870. The van der Waals surface area contributed by atoms with Gasteiger partial charge in [-0.3, -0.25) is 4.79 Å². The van der Waals surface area contributed by atoms with Gasteiger partial charge in [-0.05, 0) is 48.5 Å². The van der Waals surface area contributed by atoms with Crippen LogP contribution < -0.4 is 5.32 Å². The van der Waals surface area contributed by atoms with E-state index in [0.29, 0.717) is 22.1 Å². The number of fused-ring (bicyclic) bond motifs is 1. The van der Waals surface area contributed by atoms with Crippen LogP contribution >= 0.6 is 11.6 Å². The number of nitrogens with one attached hydrogen (secondary N) is 1. The van der Waals surface area contributed by atoms with Crippen LogP contribution in [0.5, 0.6) is 0 Å². The van der Waals surface area contributed by atoms with Gasteiger partial charge in [0.05, 0.1) is 12.1 Å². The SMILES string of the molecule is O=C(COC(=O)c1ccc2ccccc2n1)NCc1ccc(-c2ccc(Cl)cc2)o1. The van der Waals surface area contributed by atoms with E-state index >= 15 is 0 Å². The van der Waals surface area contributed by atoms with Gasteiger partial charge in [0, 0.05) is 16.0 Å². The number of aromatic nitrogens is 1. The lowest BCUT2D eigenvalue weighted by molar-refractivity contribution is -0.124. The molecule has 0 aliphatic rings. The predicted octanol–water partition coefficient (Wildman–Crippen LogP) is 4.62. The number of para-hydroxylation sites is 1. The van der Waals surface area contributed by atoms with E-state index in [1.807, 2.05) is 36.4 Å². The third-order valence-electron chi connectivity index (χ3n) is 4.39. The normalized spacial score (nSPS) is 10.7. The van der Waals surface area contributed by atoms with Gasteiger partial charge in [0.2, 0.25) is 0 Å². The van der Waals surface area contributed by atoms with Crippen molar-refractivity contribution in [3.63, 3.8) is 0 Å². The third kappa shape index (κ3) is 4.67. The topological polar surface area (TPSA) is 81.4 Å². The smallest absolute Gasteiger partial charge is 0.357 e. The first-order valence-electron chi connectivity index (χ1n) is 9.23. The molecule has 0 radical (unpaired) electrons. The van der Waals surface area contributed by atoms with Crippen LogP contribution in [0.15, 0.2) is 77.2 Å². The predicted molar refractivity (Wildman–Crippen MR) is 113 cm³/mol. The minimum Gasteiger partial charge on any atom is -0.459 e. The average molecular weight is 421 g/mol. The van der Waals surface area contributed by atoms with E-state index < -0.39 is 18.5 Å². The van der Waals surface area contributed by atoms with Crippen LogP contribution in [0.2, 0.25) is 5.02 Å². The van der Waals surface area contributed by atoms with Crippen molar-refractivity contribution in [1.29, 1.82) is 0 Å². The van der Waals surface area contributed by atoms with Gasteiger partial charge in [0.1, 0.15) is 17.2 Å². The summed E-state index contributed by atoms with van der Waals surface area (Å²) >= 11 is 5.89. The first-order chi connectivity index (χ1) is 14.6. The van der Waals surface area contributed by atoms with Gasteiger partial charge in [0.15, 0.2) is 6.61 Å². The fourth-order valence-corrected chi connectivity index (χ4v) is 2.99. The number of benzene rings is 2. The van der Waals surface area contributed by atoms with Gasteiger partial charge >= 0.3 is 5.97 Å². The second-order valence-electron chi connectivity index (χ2n) is 6.51. The van der Waals surface area contributed by atoms with Gasteiger partial charge in [-0.15, -0.1) is 0 Å². The summed E-state index contributed by atoms with van der Waals surface area (Å²) in [6.07, 6.45) is 0. The number of amides is 1. The van der Waals surface area contributed by atoms with Crippen LogP contribution in [0.1, 0.15) is 16.2 Å². The molecule has 0 fully saturated rings. The molecule has 2 heterocycles. The summed E-state index contributed by atoms with van der Waals surface area (Å²) in [5.74, 6) is 0.160. The third-order valence-corrected chi connectivity index (χ3v) is 4.64. The largest absolute Gasteiger partial charge is 0.459 e. The standard InChI is InChI=1S/C23H17ClN2O4/c24-17-8-5-16(6-9-17)21-12-10-18(30-21)13-25-22(27)14-29-23(28)20-11-7-15-3-1-2-4-19(15)26-20/h1-12H,13-14H2,(H,25,27). The maximum absolute atomic E-state index is 12.2. The zero-order valence-corrected chi connectivity index (χ0v) is 16.6. The maximum Gasteiger partial charge on any atom is 0.357 e. The number of rotatable bonds is 6. The summed E-state index contributed by atoms with van der Waals surface area (Å²) in [7, 11) is 0. The lowest BCUT2D eigenvalue weighted by Gasteiger charge is -2.06. The van der Waals surface area contributed by atoms with Crippen LogP contribution in [0.25, 0.3) is 22.2 Å². The van der Waals surface area contributed by atoms with Crippen molar-refractivity contribution >= 4 is 34.4 Å². The number of furan rings is 1. The Kier molecular flexibility index (Phi) is 5.77. The molecule has 150 valence electrons. The first kappa shape index (κ1) is 19.7. The molecule has 4 aromatic rings. The van der Waals surface area contributed by atoms with E-state index in [2.05, 4.69) is 10.3 Å². The highest BCUT2D eigenvalue weighted by Crippen LogP contribution is 2.23. The summed E-state index contributed by atoms with van der Waals surface area (Å²) in [6.45, 7) is -0.226. The van der Waals surface area contributed by atoms with Gasteiger partial charge in [-0.1, -0.05) is 35.9 Å². The minimum atomic E-state index is -0.654. The number of carbonyl (C=O) groups excluding carboxylic acids is 2. The molecule has 0 atom stereocenters. The van der Waals surface area contributed by atoms with Crippen molar-refractivity contribution in [2.45, 2.75) is 6.54 Å². The van der Waals surface area contributed by atoms with E-state index in [1.165, 1.54) is 0 Å². The zero-order valence-electron chi connectivity index (χ0n) is 15.8. The van der Waals surface area contributed by atoms with Crippen LogP contribution in [0, 0.1) is 0 Å². The number of nitrogens with zero attached hydrogens (tertiary/aromatic N) is 1. The van der Waals surface area contributed by atoms with E-state index in [4.69, 9.17) is 20.8 Å². The summed E-state index contributed by atoms with van der Waals surface area (Å²) in [5.41, 5.74) is 1.72. The van der Waals surface area contributed by atoms with Gasteiger partial charge in [-0.25, -0.2) is 9.78 Å². The highest BCUT2D eigenvalue weighted by atomic mass is 35.5. The Morgan fingerprint density at radius 3 is 2.60 bits per heavy atom. The van der Waals surface area contributed by atoms with Crippen molar-refractivity contribution in [3.05, 3.63) is 89.3 Å². The van der Waals surface area contributed by atoms with Crippen molar-refractivity contribution in [3.8, 4) is 11.3 Å². The molecule has 4 rings (SSSR count). The van der Waals surface area contributed by atoms with Crippen molar-refractivity contribution in [2.75, 3.05) is 6.61 Å². The molecular formula is C23H17ClN2O4. The second kappa shape index (κ2) is 8.80. The molecule has 0 unspecified atom stereocenters. The van der Waals surface area contributed by atoms with Crippen LogP contribution in [-0.4, -0.2) is 23.5 Å². The zero-order chi connectivity index (χ0) is 20.9. The summed E-state index contributed by atoms with van der Waals surface area (Å²) in [5, 5.41) is 4.22.